The third-order valence-corrected chi connectivity index (χ3v) is 4.16. The van der Waals surface area contributed by atoms with Gasteiger partial charge in [-0.05, 0) is 48.7 Å². The van der Waals surface area contributed by atoms with E-state index in [1.54, 1.807) is 0 Å². The summed E-state index contributed by atoms with van der Waals surface area (Å²) in [6.07, 6.45) is 3.44. The van der Waals surface area contributed by atoms with Crippen molar-refractivity contribution >= 4 is 10.8 Å². The lowest BCUT2D eigenvalue weighted by Crippen LogP contribution is -2.40. The van der Waals surface area contributed by atoms with Crippen molar-refractivity contribution in [3.8, 4) is 0 Å². The van der Waals surface area contributed by atoms with Crippen molar-refractivity contribution in [1.82, 2.24) is 4.90 Å². The van der Waals surface area contributed by atoms with Gasteiger partial charge in [0.15, 0.2) is 0 Å². The Morgan fingerprint density at radius 1 is 1.00 bits per heavy atom. The molecule has 0 bridgehead atoms. The number of piperidine rings is 1. The average molecular weight is 254 g/mol. The second-order valence-corrected chi connectivity index (χ2v) is 5.61. The van der Waals surface area contributed by atoms with Gasteiger partial charge in [0.2, 0.25) is 0 Å². The van der Waals surface area contributed by atoms with Crippen LogP contribution >= 0.6 is 0 Å². The number of hydrogen-bond acceptors (Lipinski definition) is 2. The highest BCUT2D eigenvalue weighted by molar-refractivity contribution is 5.82. The molecule has 2 nitrogen and oxygen atoms in total. The maximum atomic E-state index is 5.94. The number of rotatable bonds is 3. The molecule has 1 saturated heterocycles. The van der Waals surface area contributed by atoms with Gasteiger partial charge >= 0.3 is 0 Å². The van der Waals surface area contributed by atoms with Gasteiger partial charge in [-0.15, -0.1) is 0 Å². The van der Waals surface area contributed by atoms with Crippen molar-refractivity contribution in [2.45, 2.75) is 25.3 Å². The summed E-state index contributed by atoms with van der Waals surface area (Å²) in [6.45, 7) is 3.48. The first kappa shape index (κ1) is 12.6. The van der Waals surface area contributed by atoms with E-state index in [0.717, 1.165) is 38.9 Å². The van der Waals surface area contributed by atoms with Gasteiger partial charge in [-0.3, -0.25) is 0 Å². The van der Waals surface area contributed by atoms with E-state index in [9.17, 15) is 0 Å². The molecular weight excluding hydrogens is 232 g/mol. The van der Waals surface area contributed by atoms with Gasteiger partial charge in [0.1, 0.15) is 0 Å². The van der Waals surface area contributed by atoms with Gasteiger partial charge in [-0.25, -0.2) is 0 Å². The standard InChI is InChI=1S/C17H22N2/c18-17-8-11-19(12-9-17)10-7-14-5-6-15-3-1-2-4-16(15)13-14/h1-6,13,17H,7-12,18H2. The Balaban J connectivity index is 1.62. The summed E-state index contributed by atoms with van der Waals surface area (Å²) in [7, 11) is 0. The Hall–Kier alpha value is -1.38. The summed E-state index contributed by atoms with van der Waals surface area (Å²) < 4.78 is 0. The quantitative estimate of drug-likeness (QED) is 0.912. The molecule has 19 heavy (non-hydrogen) atoms. The predicted molar refractivity (Wildman–Crippen MR) is 81.3 cm³/mol. The largest absolute Gasteiger partial charge is 0.328 e. The first-order valence-electron chi connectivity index (χ1n) is 7.27. The van der Waals surface area contributed by atoms with E-state index in [1.807, 2.05) is 0 Å². The summed E-state index contributed by atoms with van der Waals surface area (Å²) in [5, 5.41) is 2.68. The molecule has 2 heteroatoms. The minimum Gasteiger partial charge on any atom is -0.328 e. The van der Waals surface area contributed by atoms with Crippen molar-refractivity contribution in [2.24, 2.45) is 5.73 Å². The van der Waals surface area contributed by atoms with Crippen LogP contribution in [0.3, 0.4) is 0 Å². The molecule has 2 N–H and O–H groups in total. The average Bonchev–Trinajstić information content (AvgIpc) is 2.46. The molecule has 0 radical (unpaired) electrons. The molecule has 1 aliphatic heterocycles. The Kier molecular flexibility index (Phi) is 3.81. The Bertz CT molecular complexity index is 542. The molecule has 0 saturated carbocycles. The van der Waals surface area contributed by atoms with E-state index in [1.165, 1.54) is 16.3 Å². The van der Waals surface area contributed by atoms with Gasteiger partial charge in [0, 0.05) is 12.6 Å². The van der Waals surface area contributed by atoms with Crippen LogP contribution in [0.2, 0.25) is 0 Å². The predicted octanol–water partition coefficient (Wildman–Crippen LogP) is 2.81. The van der Waals surface area contributed by atoms with E-state index in [0.29, 0.717) is 6.04 Å². The van der Waals surface area contributed by atoms with E-state index in [2.05, 4.69) is 47.4 Å². The SMILES string of the molecule is NC1CCN(CCc2ccc3ccccc3c2)CC1. The molecule has 0 aromatic heterocycles. The van der Waals surface area contributed by atoms with Crippen LogP contribution < -0.4 is 5.73 Å². The fourth-order valence-electron chi connectivity index (χ4n) is 2.86. The van der Waals surface area contributed by atoms with Crippen LogP contribution in [0.15, 0.2) is 42.5 Å². The number of likely N-dealkylation sites (tertiary alicyclic amines) is 1. The summed E-state index contributed by atoms with van der Waals surface area (Å²) in [6, 6.07) is 15.8. The third-order valence-electron chi connectivity index (χ3n) is 4.16. The molecule has 3 rings (SSSR count). The lowest BCUT2D eigenvalue weighted by molar-refractivity contribution is 0.215. The van der Waals surface area contributed by atoms with E-state index in [-0.39, 0.29) is 0 Å². The Morgan fingerprint density at radius 3 is 2.53 bits per heavy atom. The minimum absolute atomic E-state index is 0.428. The van der Waals surface area contributed by atoms with Crippen molar-refractivity contribution < 1.29 is 0 Å². The summed E-state index contributed by atoms with van der Waals surface area (Å²) in [5.74, 6) is 0. The summed E-state index contributed by atoms with van der Waals surface area (Å²) in [4.78, 5) is 2.54. The zero-order valence-corrected chi connectivity index (χ0v) is 11.4. The highest BCUT2D eigenvalue weighted by Gasteiger charge is 2.15. The van der Waals surface area contributed by atoms with Gasteiger partial charge in [0.05, 0.1) is 0 Å². The number of hydrogen-bond donors (Lipinski definition) is 1. The molecule has 1 heterocycles. The Labute approximate surface area is 115 Å². The fraction of sp³-hybridized carbons (Fsp3) is 0.412. The lowest BCUT2D eigenvalue weighted by Gasteiger charge is -2.30. The molecule has 2 aromatic carbocycles. The molecule has 0 amide bonds. The molecule has 0 atom stereocenters. The van der Waals surface area contributed by atoms with Crippen molar-refractivity contribution in [1.29, 1.82) is 0 Å². The van der Waals surface area contributed by atoms with Gasteiger partial charge in [-0.2, -0.15) is 0 Å². The fourth-order valence-corrected chi connectivity index (χ4v) is 2.86. The van der Waals surface area contributed by atoms with Gasteiger partial charge < -0.3 is 10.6 Å². The second kappa shape index (κ2) is 5.72. The molecule has 1 aliphatic rings. The highest BCUT2D eigenvalue weighted by Crippen LogP contribution is 2.16. The number of nitrogens with zero attached hydrogens (tertiary/aromatic N) is 1. The van der Waals surface area contributed by atoms with Crippen molar-refractivity contribution in [2.75, 3.05) is 19.6 Å². The number of nitrogens with two attached hydrogens (primary N) is 1. The smallest absolute Gasteiger partial charge is 0.00631 e. The van der Waals surface area contributed by atoms with Gasteiger partial charge in [0.25, 0.3) is 0 Å². The zero-order chi connectivity index (χ0) is 13.1. The maximum Gasteiger partial charge on any atom is 0.00631 e. The van der Waals surface area contributed by atoms with Gasteiger partial charge in [-0.1, -0.05) is 42.5 Å². The van der Waals surface area contributed by atoms with Crippen LogP contribution in [0.25, 0.3) is 10.8 Å². The van der Waals surface area contributed by atoms with Crippen molar-refractivity contribution in [3.05, 3.63) is 48.0 Å². The zero-order valence-electron chi connectivity index (χ0n) is 11.4. The van der Waals surface area contributed by atoms with Crippen LogP contribution in [-0.2, 0) is 6.42 Å². The molecule has 2 aromatic rings. The van der Waals surface area contributed by atoms with E-state index < -0.39 is 0 Å². The molecule has 1 fully saturated rings. The Morgan fingerprint density at radius 2 is 1.74 bits per heavy atom. The van der Waals surface area contributed by atoms with Crippen LogP contribution in [0.1, 0.15) is 18.4 Å². The minimum atomic E-state index is 0.428. The summed E-state index contributed by atoms with van der Waals surface area (Å²) in [5.41, 5.74) is 7.38. The van der Waals surface area contributed by atoms with Crippen LogP contribution in [0.5, 0.6) is 0 Å². The summed E-state index contributed by atoms with van der Waals surface area (Å²) >= 11 is 0. The number of benzene rings is 2. The van der Waals surface area contributed by atoms with Crippen LogP contribution in [0, 0.1) is 0 Å². The third kappa shape index (κ3) is 3.14. The van der Waals surface area contributed by atoms with E-state index >= 15 is 0 Å². The first-order chi connectivity index (χ1) is 9.31. The second-order valence-electron chi connectivity index (χ2n) is 5.61. The van der Waals surface area contributed by atoms with E-state index in [4.69, 9.17) is 5.73 Å². The topological polar surface area (TPSA) is 29.3 Å². The van der Waals surface area contributed by atoms with Crippen molar-refractivity contribution in [3.63, 3.8) is 0 Å². The van der Waals surface area contributed by atoms with Crippen LogP contribution in [0.4, 0.5) is 0 Å². The normalized spacial score (nSPS) is 17.9. The molecule has 100 valence electrons. The monoisotopic (exact) mass is 254 g/mol. The molecular formula is C17H22N2. The molecule has 0 spiro atoms. The first-order valence-corrected chi connectivity index (χ1v) is 7.27. The van der Waals surface area contributed by atoms with Crippen LogP contribution in [-0.4, -0.2) is 30.6 Å². The highest BCUT2D eigenvalue weighted by atomic mass is 15.1. The number of fused-ring (bicyclic) bond motifs is 1. The molecule has 0 aliphatic carbocycles. The maximum absolute atomic E-state index is 5.94. The lowest BCUT2D eigenvalue weighted by atomic mass is 10.0. The molecule has 0 unspecified atom stereocenters.